The standard InChI is InChI=1S/C16H23N3O2/c1-13-8-10-19(17-13)11-9-16(20)18(3)14(2)6-7-15-5-4-12-21-15/h4-5,8,10,12,14H,6-7,9,11H2,1-3H3. The first kappa shape index (κ1) is 15.4. The first-order valence-electron chi connectivity index (χ1n) is 7.34. The molecule has 2 rings (SSSR count). The van der Waals surface area contributed by atoms with E-state index < -0.39 is 0 Å². The van der Waals surface area contributed by atoms with Gasteiger partial charge in [-0.3, -0.25) is 9.48 Å². The first-order chi connectivity index (χ1) is 10.1. The predicted molar refractivity (Wildman–Crippen MR) is 80.8 cm³/mol. The average molecular weight is 289 g/mol. The molecule has 5 nitrogen and oxygen atoms in total. The summed E-state index contributed by atoms with van der Waals surface area (Å²) in [4.78, 5) is 14.0. The molecule has 0 aromatic carbocycles. The lowest BCUT2D eigenvalue weighted by atomic mass is 10.1. The second kappa shape index (κ2) is 7.11. The molecule has 1 unspecified atom stereocenters. The Bertz CT molecular complexity index is 560. The Morgan fingerprint density at radius 3 is 2.90 bits per heavy atom. The molecule has 5 heteroatoms. The van der Waals surface area contributed by atoms with Crippen LogP contribution in [-0.4, -0.2) is 33.7 Å². The third kappa shape index (κ3) is 4.48. The lowest BCUT2D eigenvalue weighted by molar-refractivity contribution is -0.132. The predicted octanol–water partition coefficient (Wildman–Crippen LogP) is 2.65. The van der Waals surface area contributed by atoms with Crippen LogP contribution in [-0.2, 0) is 17.8 Å². The Morgan fingerprint density at radius 2 is 2.29 bits per heavy atom. The second-order valence-electron chi connectivity index (χ2n) is 5.44. The SMILES string of the molecule is Cc1ccn(CCC(=O)N(C)C(C)CCc2ccco2)n1. The van der Waals surface area contributed by atoms with Gasteiger partial charge < -0.3 is 9.32 Å². The van der Waals surface area contributed by atoms with Crippen molar-refractivity contribution < 1.29 is 9.21 Å². The fraction of sp³-hybridized carbons (Fsp3) is 0.500. The molecule has 21 heavy (non-hydrogen) atoms. The molecule has 1 amide bonds. The van der Waals surface area contributed by atoms with Crippen LogP contribution >= 0.6 is 0 Å². The lowest BCUT2D eigenvalue weighted by Gasteiger charge is -2.24. The van der Waals surface area contributed by atoms with Gasteiger partial charge in [0.1, 0.15) is 5.76 Å². The molecular weight excluding hydrogens is 266 g/mol. The topological polar surface area (TPSA) is 51.3 Å². The number of aromatic nitrogens is 2. The molecule has 0 aliphatic rings. The molecule has 0 spiro atoms. The van der Waals surface area contributed by atoms with Crippen LogP contribution in [0.3, 0.4) is 0 Å². The summed E-state index contributed by atoms with van der Waals surface area (Å²) >= 11 is 0. The fourth-order valence-electron chi connectivity index (χ4n) is 2.22. The summed E-state index contributed by atoms with van der Waals surface area (Å²) in [5, 5.41) is 4.29. The zero-order chi connectivity index (χ0) is 15.2. The Labute approximate surface area is 125 Å². The maximum Gasteiger partial charge on any atom is 0.224 e. The van der Waals surface area contributed by atoms with Crippen LogP contribution in [0.1, 0.15) is 31.2 Å². The quantitative estimate of drug-likeness (QED) is 0.787. The maximum absolute atomic E-state index is 12.2. The summed E-state index contributed by atoms with van der Waals surface area (Å²) in [6.45, 7) is 4.64. The van der Waals surface area contributed by atoms with E-state index in [9.17, 15) is 4.79 Å². The van der Waals surface area contributed by atoms with Crippen molar-refractivity contribution in [2.75, 3.05) is 7.05 Å². The number of hydrogen-bond acceptors (Lipinski definition) is 3. The summed E-state index contributed by atoms with van der Waals surface area (Å²) in [5.74, 6) is 1.12. The van der Waals surface area contributed by atoms with Crippen molar-refractivity contribution in [1.29, 1.82) is 0 Å². The number of hydrogen-bond donors (Lipinski definition) is 0. The molecule has 2 aromatic heterocycles. The van der Waals surface area contributed by atoms with Gasteiger partial charge in [0.05, 0.1) is 12.0 Å². The van der Waals surface area contributed by atoms with E-state index in [0.29, 0.717) is 13.0 Å². The number of amides is 1. The smallest absolute Gasteiger partial charge is 0.224 e. The van der Waals surface area contributed by atoms with Crippen molar-refractivity contribution in [2.45, 2.75) is 45.7 Å². The van der Waals surface area contributed by atoms with Gasteiger partial charge in [0.2, 0.25) is 5.91 Å². The second-order valence-corrected chi connectivity index (χ2v) is 5.44. The molecule has 114 valence electrons. The Morgan fingerprint density at radius 1 is 1.48 bits per heavy atom. The molecule has 0 aliphatic carbocycles. The Balaban J connectivity index is 1.75. The number of aryl methyl sites for hydroxylation is 3. The minimum Gasteiger partial charge on any atom is -0.469 e. The zero-order valence-electron chi connectivity index (χ0n) is 13.0. The van der Waals surface area contributed by atoms with Crippen LogP contribution in [0.25, 0.3) is 0 Å². The van der Waals surface area contributed by atoms with Crippen LogP contribution in [0.4, 0.5) is 0 Å². The van der Waals surface area contributed by atoms with Crippen molar-refractivity contribution >= 4 is 5.91 Å². The molecule has 0 N–H and O–H groups in total. The third-order valence-corrected chi connectivity index (χ3v) is 3.77. The zero-order valence-corrected chi connectivity index (χ0v) is 13.0. The molecule has 0 saturated carbocycles. The number of nitrogens with zero attached hydrogens (tertiary/aromatic N) is 3. The summed E-state index contributed by atoms with van der Waals surface area (Å²) < 4.78 is 7.13. The van der Waals surface area contributed by atoms with E-state index >= 15 is 0 Å². The van der Waals surface area contributed by atoms with Gasteiger partial charge >= 0.3 is 0 Å². The molecule has 0 fully saturated rings. The normalized spacial score (nSPS) is 12.3. The van der Waals surface area contributed by atoms with Crippen LogP contribution in [0, 0.1) is 6.92 Å². The highest BCUT2D eigenvalue weighted by atomic mass is 16.3. The molecule has 0 radical (unpaired) electrons. The number of carbonyl (C=O) groups excluding carboxylic acids is 1. The van der Waals surface area contributed by atoms with Crippen LogP contribution < -0.4 is 0 Å². The van der Waals surface area contributed by atoms with Gasteiger partial charge in [-0.1, -0.05) is 0 Å². The molecule has 2 aromatic rings. The molecule has 0 saturated heterocycles. The first-order valence-corrected chi connectivity index (χ1v) is 7.34. The minimum atomic E-state index is 0.148. The highest BCUT2D eigenvalue weighted by molar-refractivity contribution is 5.76. The summed E-state index contributed by atoms with van der Waals surface area (Å²) in [6.07, 6.45) is 5.81. The fourth-order valence-corrected chi connectivity index (χ4v) is 2.22. The van der Waals surface area contributed by atoms with Crippen molar-refractivity contribution in [3.05, 3.63) is 42.1 Å². The minimum absolute atomic E-state index is 0.148. The van der Waals surface area contributed by atoms with Gasteiger partial charge in [0, 0.05) is 38.7 Å². The summed E-state index contributed by atoms with van der Waals surface area (Å²) in [7, 11) is 1.86. The molecular formula is C16H23N3O2. The lowest BCUT2D eigenvalue weighted by Crippen LogP contribution is -2.35. The number of rotatable bonds is 7. The number of furan rings is 1. The monoisotopic (exact) mass is 289 g/mol. The molecule has 1 atom stereocenters. The summed E-state index contributed by atoms with van der Waals surface area (Å²) in [6, 6.07) is 6.00. The molecule has 0 aliphatic heterocycles. The van der Waals surface area contributed by atoms with E-state index in [-0.39, 0.29) is 11.9 Å². The highest BCUT2D eigenvalue weighted by Crippen LogP contribution is 2.10. The number of carbonyl (C=O) groups is 1. The van der Waals surface area contributed by atoms with Gasteiger partial charge in [0.15, 0.2) is 0 Å². The molecule has 2 heterocycles. The van der Waals surface area contributed by atoms with Crippen molar-refractivity contribution in [3.8, 4) is 0 Å². The average Bonchev–Trinajstić information content (AvgIpc) is 3.12. The van der Waals surface area contributed by atoms with Crippen molar-refractivity contribution in [2.24, 2.45) is 0 Å². The van der Waals surface area contributed by atoms with Gasteiger partial charge in [0.25, 0.3) is 0 Å². The molecule has 0 bridgehead atoms. The van der Waals surface area contributed by atoms with Crippen LogP contribution in [0.2, 0.25) is 0 Å². The largest absolute Gasteiger partial charge is 0.469 e. The highest BCUT2D eigenvalue weighted by Gasteiger charge is 2.16. The van der Waals surface area contributed by atoms with E-state index in [2.05, 4.69) is 12.0 Å². The van der Waals surface area contributed by atoms with Gasteiger partial charge in [-0.25, -0.2) is 0 Å². The van der Waals surface area contributed by atoms with Crippen LogP contribution in [0.15, 0.2) is 35.1 Å². The van der Waals surface area contributed by atoms with Gasteiger partial charge in [-0.15, -0.1) is 0 Å². The van der Waals surface area contributed by atoms with E-state index in [1.807, 2.05) is 47.9 Å². The summed E-state index contributed by atoms with van der Waals surface area (Å²) in [5.41, 5.74) is 0.975. The van der Waals surface area contributed by atoms with E-state index in [1.165, 1.54) is 0 Å². The Kier molecular flexibility index (Phi) is 5.20. The van der Waals surface area contributed by atoms with Crippen LogP contribution in [0.5, 0.6) is 0 Å². The van der Waals surface area contributed by atoms with Crippen molar-refractivity contribution in [1.82, 2.24) is 14.7 Å². The Hall–Kier alpha value is -2.04. The van der Waals surface area contributed by atoms with Gasteiger partial charge in [-0.2, -0.15) is 5.10 Å². The van der Waals surface area contributed by atoms with Crippen molar-refractivity contribution in [3.63, 3.8) is 0 Å². The van der Waals surface area contributed by atoms with E-state index in [4.69, 9.17) is 4.42 Å². The maximum atomic E-state index is 12.2. The van der Waals surface area contributed by atoms with E-state index in [1.54, 1.807) is 6.26 Å². The van der Waals surface area contributed by atoms with Gasteiger partial charge in [-0.05, 0) is 38.5 Å². The van der Waals surface area contributed by atoms with E-state index in [0.717, 1.165) is 24.3 Å². The third-order valence-electron chi connectivity index (χ3n) is 3.77.